The maximum atomic E-state index is 12.6. The van der Waals surface area contributed by atoms with E-state index < -0.39 is 10.0 Å². The van der Waals surface area contributed by atoms with E-state index in [4.69, 9.17) is 4.52 Å². The Kier molecular flexibility index (Phi) is 4.82. The van der Waals surface area contributed by atoms with Gasteiger partial charge in [-0.25, -0.2) is 12.7 Å². The molecule has 1 aliphatic rings. The van der Waals surface area contributed by atoms with E-state index in [1.165, 1.54) is 11.8 Å². The maximum Gasteiger partial charge on any atom is 0.219 e. The highest BCUT2D eigenvalue weighted by Crippen LogP contribution is 2.36. The Morgan fingerprint density at radius 2 is 2.04 bits per heavy atom. The van der Waals surface area contributed by atoms with Crippen LogP contribution >= 0.6 is 0 Å². The van der Waals surface area contributed by atoms with Gasteiger partial charge >= 0.3 is 0 Å². The highest BCUT2D eigenvalue weighted by molar-refractivity contribution is 7.88. The molecule has 5 nitrogen and oxygen atoms in total. The molecular weight excluding hydrogens is 312 g/mol. The van der Waals surface area contributed by atoms with Gasteiger partial charge in [-0.15, -0.1) is 0 Å². The summed E-state index contributed by atoms with van der Waals surface area (Å²) in [6.07, 6.45) is 3.23. The molecule has 3 rings (SSSR count). The Labute approximate surface area is 137 Å². The summed E-state index contributed by atoms with van der Waals surface area (Å²) in [6.45, 7) is 3.28. The predicted molar refractivity (Wildman–Crippen MR) is 88.3 cm³/mol. The van der Waals surface area contributed by atoms with Gasteiger partial charge in [0.15, 0.2) is 0 Å². The first-order valence-electron chi connectivity index (χ1n) is 8.02. The van der Waals surface area contributed by atoms with E-state index in [2.05, 4.69) is 36.3 Å². The van der Waals surface area contributed by atoms with Crippen LogP contribution in [0.4, 0.5) is 0 Å². The second kappa shape index (κ2) is 6.84. The van der Waals surface area contributed by atoms with Crippen LogP contribution in [0.2, 0.25) is 0 Å². The molecule has 1 aliphatic heterocycles. The fourth-order valence-corrected chi connectivity index (χ4v) is 4.90. The summed E-state index contributed by atoms with van der Waals surface area (Å²) < 4.78 is 31.6. The van der Waals surface area contributed by atoms with Gasteiger partial charge < -0.3 is 4.52 Å². The van der Waals surface area contributed by atoms with Crippen molar-refractivity contribution in [2.45, 2.75) is 31.4 Å². The summed E-state index contributed by atoms with van der Waals surface area (Å²) in [5.41, 5.74) is 1.77. The lowest BCUT2D eigenvalue weighted by molar-refractivity contribution is 0.228. The minimum absolute atomic E-state index is 0.0874. The molecule has 2 heterocycles. The molecule has 2 atom stereocenters. The molecule has 23 heavy (non-hydrogen) atoms. The molecule has 1 saturated heterocycles. The lowest BCUT2D eigenvalue weighted by Gasteiger charge is -2.37. The monoisotopic (exact) mass is 334 g/mol. The number of sulfonamides is 1. The van der Waals surface area contributed by atoms with Gasteiger partial charge in [0, 0.05) is 19.2 Å². The molecule has 6 heteroatoms. The molecule has 0 N–H and O–H groups in total. The van der Waals surface area contributed by atoms with Crippen LogP contribution in [0, 0.1) is 5.92 Å². The third kappa shape index (κ3) is 3.64. The van der Waals surface area contributed by atoms with Gasteiger partial charge in [0.1, 0.15) is 12.0 Å². The van der Waals surface area contributed by atoms with Crippen molar-refractivity contribution >= 4 is 10.0 Å². The van der Waals surface area contributed by atoms with Gasteiger partial charge in [-0.1, -0.05) is 48.8 Å². The van der Waals surface area contributed by atoms with Crippen LogP contribution in [0.5, 0.6) is 0 Å². The van der Waals surface area contributed by atoms with E-state index in [0.717, 1.165) is 12.8 Å². The lowest BCUT2D eigenvalue weighted by Crippen LogP contribution is -2.43. The molecule has 0 saturated carbocycles. The summed E-state index contributed by atoms with van der Waals surface area (Å²) in [5, 5.41) is 3.72. The molecule has 1 aromatic carbocycles. The Bertz CT molecular complexity index is 714. The predicted octanol–water partition coefficient (Wildman–Crippen LogP) is 3.02. The van der Waals surface area contributed by atoms with E-state index in [0.29, 0.717) is 30.6 Å². The van der Waals surface area contributed by atoms with Gasteiger partial charge in [-0.3, -0.25) is 0 Å². The zero-order valence-electron chi connectivity index (χ0n) is 13.3. The van der Waals surface area contributed by atoms with E-state index in [-0.39, 0.29) is 5.75 Å². The second-order valence-electron chi connectivity index (χ2n) is 6.08. The van der Waals surface area contributed by atoms with E-state index in [9.17, 15) is 8.42 Å². The Morgan fingerprint density at radius 1 is 1.26 bits per heavy atom. The van der Waals surface area contributed by atoms with Crippen LogP contribution in [0.15, 0.2) is 47.2 Å². The van der Waals surface area contributed by atoms with Crippen LogP contribution in [-0.2, 0) is 15.8 Å². The zero-order valence-corrected chi connectivity index (χ0v) is 14.1. The second-order valence-corrected chi connectivity index (χ2v) is 8.05. The van der Waals surface area contributed by atoms with Gasteiger partial charge in [-0.2, -0.15) is 0 Å². The van der Waals surface area contributed by atoms with Crippen LogP contribution < -0.4 is 0 Å². The molecule has 0 unspecified atom stereocenters. The van der Waals surface area contributed by atoms with Crippen molar-refractivity contribution in [2.24, 2.45) is 5.92 Å². The average Bonchev–Trinajstić information content (AvgIpc) is 3.07. The van der Waals surface area contributed by atoms with Gasteiger partial charge in [-0.05, 0) is 23.8 Å². The zero-order chi connectivity index (χ0) is 16.3. The summed E-state index contributed by atoms with van der Waals surface area (Å²) in [5.74, 6) is 0.689. The molecule has 0 bridgehead atoms. The number of rotatable bonds is 5. The van der Waals surface area contributed by atoms with Gasteiger partial charge in [0.05, 0.1) is 5.69 Å². The van der Waals surface area contributed by atoms with Crippen molar-refractivity contribution in [2.75, 3.05) is 13.1 Å². The topological polar surface area (TPSA) is 63.4 Å². The lowest BCUT2D eigenvalue weighted by atomic mass is 9.80. The van der Waals surface area contributed by atoms with Crippen molar-refractivity contribution in [3.8, 4) is 0 Å². The SMILES string of the molecule is CC[C@@H]1CN(S(=O)(=O)Cc2ccon2)CC[C@@H]1c1ccccc1. The molecular formula is C17H22N2O3S. The normalized spacial score (nSPS) is 23.0. The first kappa shape index (κ1) is 16.2. The third-order valence-electron chi connectivity index (χ3n) is 4.66. The highest BCUT2D eigenvalue weighted by Gasteiger charge is 2.34. The fraction of sp³-hybridized carbons (Fsp3) is 0.471. The van der Waals surface area contributed by atoms with Crippen LogP contribution in [0.25, 0.3) is 0 Å². The maximum absolute atomic E-state index is 12.6. The third-order valence-corrected chi connectivity index (χ3v) is 6.44. The summed E-state index contributed by atoms with van der Waals surface area (Å²) >= 11 is 0. The fourth-order valence-electron chi connectivity index (χ4n) is 3.39. The van der Waals surface area contributed by atoms with Crippen molar-refractivity contribution in [3.63, 3.8) is 0 Å². The van der Waals surface area contributed by atoms with E-state index in [1.807, 2.05) is 6.07 Å². The molecule has 0 amide bonds. The van der Waals surface area contributed by atoms with Crippen molar-refractivity contribution in [3.05, 3.63) is 53.9 Å². The largest absolute Gasteiger partial charge is 0.364 e. The number of aromatic nitrogens is 1. The number of hydrogen-bond acceptors (Lipinski definition) is 4. The number of benzene rings is 1. The Morgan fingerprint density at radius 3 is 2.70 bits per heavy atom. The van der Waals surface area contributed by atoms with Crippen molar-refractivity contribution in [1.29, 1.82) is 0 Å². The summed E-state index contributed by atoms with van der Waals surface area (Å²) in [4.78, 5) is 0. The quantitative estimate of drug-likeness (QED) is 0.843. The molecule has 0 aliphatic carbocycles. The highest BCUT2D eigenvalue weighted by atomic mass is 32.2. The molecule has 124 valence electrons. The minimum Gasteiger partial charge on any atom is -0.364 e. The number of hydrogen-bond donors (Lipinski definition) is 0. The van der Waals surface area contributed by atoms with Crippen LogP contribution in [0.1, 0.15) is 36.9 Å². The molecule has 1 fully saturated rings. The summed E-state index contributed by atoms with van der Waals surface area (Å²) in [7, 11) is -3.34. The van der Waals surface area contributed by atoms with Gasteiger partial charge in [0.2, 0.25) is 10.0 Å². The molecule has 1 aromatic heterocycles. The smallest absolute Gasteiger partial charge is 0.219 e. The standard InChI is InChI=1S/C17H22N2O3S/c1-2-14-12-19(23(20,21)13-16-9-11-22-18-16)10-8-17(14)15-6-4-3-5-7-15/h3-7,9,11,14,17H,2,8,10,12-13H2,1H3/t14-,17+/m1/s1. The Hall–Kier alpha value is -1.66. The molecule has 0 spiro atoms. The van der Waals surface area contributed by atoms with E-state index >= 15 is 0 Å². The van der Waals surface area contributed by atoms with Gasteiger partial charge in [0.25, 0.3) is 0 Å². The van der Waals surface area contributed by atoms with Crippen LogP contribution in [0.3, 0.4) is 0 Å². The number of piperidine rings is 1. The molecule has 2 aromatic rings. The Balaban J connectivity index is 1.73. The summed E-state index contributed by atoms with van der Waals surface area (Å²) in [6, 6.07) is 12.0. The van der Waals surface area contributed by atoms with Crippen molar-refractivity contribution < 1.29 is 12.9 Å². The first-order chi connectivity index (χ1) is 11.1. The molecule has 0 radical (unpaired) electrons. The first-order valence-corrected chi connectivity index (χ1v) is 9.63. The minimum atomic E-state index is -3.34. The van der Waals surface area contributed by atoms with E-state index in [1.54, 1.807) is 10.4 Å². The number of nitrogens with zero attached hydrogens (tertiary/aromatic N) is 2. The van der Waals surface area contributed by atoms with Crippen molar-refractivity contribution in [1.82, 2.24) is 9.46 Å². The van der Waals surface area contributed by atoms with Crippen LogP contribution in [-0.4, -0.2) is 31.0 Å². The average molecular weight is 334 g/mol.